The van der Waals surface area contributed by atoms with Gasteiger partial charge in [-0.1, -0.05) is 13.8 Å². The lowest BCUT2D eigenvalue weighted by atomic mass is 10.0. The van der Waals surface area contributed by atoms with Crippen molar-refractivity contribution < 1.29 is 9.15 Å². The van der Waals surface area contributed by atoms with Gasteiger partial charge in [0.05, 0.1) is 6.61 Å². The van der Waals surface area contributed by atoms with Crippen molar-refractivity contribution in [2.75, 3.05) is 19.7 Å². The molecule has 2 aromatic rings. The van der Waals surface area contributed by atoms with Gasteiger partial charge in [-0.05, 0) is 31.5 Å². The Bertz CT molecular complexity index is 571. The summed E-state index contributed by atoms with van der Waals surface area (Å²) in [6, 6.07) is 5.89. The van der Waals surface area contributed by atoms with Crippen molar-refractivity contribution >= 4 is 11.1 Å². The molecule has 0 bridgehead atoms. The van der Waals surface area contributed by atoms with Gasteiger partial charge in [-0.25, -0.2) is 4.98 Å². The van der Waals surface area contributed by atoms with E-state index in [4.69, 9.17) is 9.15 Å². The van der Waals surface area contributed by atoms with E-state index < -0.39 is 0 Å². The first-order valence-corrected chi connectivity index (χ1v) is 7.46. The van der Waals surface area contributed by atoms with E-state index >= 15 is 0 Å². The number of nitrogens with one attached hydrogen (secondary N) is 1. The highest BCUT2D eigenvalue weighted by Crippen LogP contribution is 2.25. The molecule has 1 unspecified atom stereocenters. The number of hydrogen-bond acceptors (Lipinski definition) is 4. The topological polar surface area (TPSA) is 47.3 Å². The van der Waals surface area contributed by atoms with Crippen LogP contribution < -0.4 is 10.1 Å². The maximum absolute atomic E-state index is 5.90. The minimum absolute atomic E-state index is 0.306. The molecule has 0 amide bonds. The number of oxazole rings is 1. The first-order chi connectivity index (χ1) is 9.72. The molecule has 2 heterocycles. The fraction of sp³-hybridized carbons (Fsp3) is 0.562. The quantitative estimate of drug-likeness (QED) is 0.929. The highest BCUT2D eigenvalue weighted by molar-refractivity contribution is 5.74. The van der Waals surface area contributed by atoms with Gasteiger partial charge >= 0.3 is 0 Å². The van der Waals surface area contributed by atoms with E-state index in [1.807, 2.05) is 18.2 Å². The minimum Gasteiger partial charge on any atom is -0.493 e. The summed E-state index contributed by atoms with van der Waals surface area (Å²) in [5.74, 6) is 2.59. The van der Waals surface area contributed by atoms with Crippen LogP contribution in [0.4, 0.5) is 0 Å². The van der Waals surface area contributed by atoms with Crippen LogP contribution in [0, 0.1) is 5.92 Å². The van der Waals surface area contributed by atoms with Gasteiger partial charge in [0.1, 0.15) is 11.3 Å². The zero-order valence-corrected chi connectivity index (χ0v) is 12.2. The molecule has 108 valence electrons. The van der Waals surface area contributed by atoms with Gasteiger partial charge in [0, 0.05) is 24.4 Å². The van der Waals surface area contributed by atoms with Crippen molar-refractivity contribution in [1.29, 1.82) is 0 Å². The molecule has 1 aliphatic heterocycles. The van der Waals surface area contributed by atoms with Crippen LogP contribution in [0.2, 0.25) is 0 Å². The molecule has 0 saturated carbocycles. The van der Waals surface area contributed by atoms with Crippen molar-refractivity contribution in [3.05, 3.63) is 24.1 Å². The van der Waals surface area contributed by atoms with Gasteiger partial charge in [0.15, 0.2) is 11.5 Å². The number of fused-ring (bicyclic) bond motifs is 1. The van der Waals surface area contributed by atoms with E-state index in [1.165, 1.54) is 12.8 Å². The second kappa shape index (κ2) is 5.83. The van der Waals surface area contributed by atoms with Gasteiger partial charge in [0.2, 0.25) is 0 Å². The predicted octanol–water partition coefficient (Wildman–Crippen LogP) is 3.33. The van der Waals surface area contributed by atoms with Crippen molar-refractivity contribution in [1.82, 2.24) is 10.3 Å². The molecular formula is C16H22N2O2. The molecule has 0 aliphatic carbocycles. The van der Waals surface area contributed by atoms with Crippen LogP contribution in [0.1, 0.15) is 38.5 Å². The van der Waals surface area contributed by atoms with Crippen LogP contribution in [0.5, 0.6) is 5.75 Å². The van der Waals surface area contributed by atoms with E-state index in [0.717, 1.165) is 42.4 Å². The Balaban J connectivity index is 1.68. The number of piperidine rings is 1. The summed E-state index contributed by atoms with van der Waals surface area (Å²) in [6.45, 7) is 7.13. The Labute approximate surface area is 119 Å². The molecule has 0 spiro atoms. The summed E-state index contributed by atoms with van der Waals surface area (Å²) >= 11 is 0. The van der Waals surface area contributed by atoms with Gasteiger partial charge in [0.25, 0.3) is 0 Å². The van der Waals surface area contributed by atoms with Crippen molar-refractivity contribution in [3.63, 3.8) is 0 Å². The third kappa shape index (κ3) is 2.96. The van der Waals surface area contributed by atoms with Crippen molar-refractivity contribution in [3.8, 4) is 5.75 Å². The molecule has 1 aliphatic rings. The molecule has 20 heavy (non-hydrogen) atoms. The van der Waals surface area contributed by atoms with Gasteiger partial charge < -0.3 is 14.5 Å². The largest absolute Gasteiger partial charge is 0.493 e. The fourth-order valence-corrected chi connectivity index (χ4v) is 2.54. The summed E-state index contributed by atoms with van der Waals surface area (Å²) in [4.78, 5) is 4.51. The third-order valence-electron chi connectivity index (χ3n) is 3.75. The van der Waals surface area contributed by atoms with E-state index in [0.29, 0.717) is 11.8 Å². The minimum atomic E-state index is 0.306. The number of aromatic nitrogens is 1. The molecule has 3 rings (SSSR count). The second-order valence-electron chi connectivity index (χ2n) is 5.86. The summed E-state index contributed by atoms with van der Waals surface area (Å²) in [5, 5.41) is 3.41. The lowest BCUT2D eigenvalue weighted by Gasteiger charge is -2.22. The van der Waals surface area contributed by atoms with Crippen LogP contribution in [0.3, 0.4) is 0 Å². The summed E-state index contributed by atoms with van der Waals surface area (Å²) < 4.78 is 11.6. The highest BCUT2D eigenvalue weighted by atomic mass is 16.5. The Hall–Kier alpha value is -1.55. The maximum atomic E-state index is 5.90. The molecule has 4 heteroatoms. The van der Waals surface area contributed by atoms with Crippen LogP contribution >= 0.6 is 0 Å². The highest BCUT2D eigenvalue weighted by Gasteiger charge is 2.14. The SMILES string of the molecule is CC(C)c1nc2cc(OCC3CCCNC3)ccc2o1. The van der Waals surface area contributed by atoms with Crippen LogP contribution in [-0.4, -0.2) is 24.7 Å². The Morgan fingerprint density at radius 3 is 3.10 bits per heavy atom. The summed E-state index contributed by atoms with van der Waals surface area (Å²) in [5.41, 5.74) is 1.72. The molecule has 4 nitrogen and oxygen atoms in total. The molecule has 1 aromatic heterocycles. The monoisotopic (exact) mass is 274 g/mol. The summed E-state index contributed by atoms with van der Waals surface area (Å²) in [6.07, 6.45) is 2.49. The smallest absolute Gasteiger partial charge is 0.198 e. The molecule has 1 fully saturated rings. The maximum Gasteiger partial charge on any atom is 0.198 e. The molecule has 1 atom stereocenters. The van der Waals surface area contributed by atoms with Gasteiger partial charge in [-0.3, -0.25) is 0 Å². The van der Waals surface area contributed by atoms with Crippen LogP contribution in [0.25, 0.3) is 11.1 Å². The summed E-state index contributed by atoms with van der Waals surface area (Å²) in [7, 11) is 0. The molecule has 1 saturated heterocycles. The van der Waals surface area contributed by atoms with Crippen LogP contribution in [0.15, 0.2) is 22.6 Å². The molecule has 1 aromatic carbocycles. The average molecular weight is 274 g/mol. The number of benzene rings is 1. The van der Waals surface area contributed by atoms with E-state index in [1.54, 1.807) is 0 Å². The number of rotatable bonds is 4. The second-order valence-corrected chi connectivity index (χ2v) is 5.86. The lowest BCUT2D eigenvalue weighted by molar-refractivity contribution is 0.218. The van der Waals surface area contributed by atoms with Crippen LogP contribution in [-0.2, 0) is 0 Å². The molecule has 1 N–H and O–H groups in total. The lowest BCUT2D eigenvalue weighted by Crippen LogP contribution is -2.33. The first-order valence-electron chi connectivity index (χ1n) is 7.46. The predicted molar refractivity (Wildman–Crippen MR) is 79.2 cm³/mol. The number of ether oxygens (including phenoxy) is 1. The fourth-order valence-electron chi connectivity index (χ4n) is 2.54. The number of nitrogens with zero attached hydrogens (tertiary/aromatic N) is 1. The van der Waals surface area contributed by atoms with E-state index in [-0.39, 0.29) is 0 Å². The van der Waals surface area contributed by atoms with Gasteiger partial charge in [-0.2, -0.15) is 0 Å². The average Bonchev–Trinajstić information content (AvgIpc) is 2.89. The standard InChI is InChI=1S/C16H22N2O2/c1-11(2)16-18-14-8-13(5-6-15(14)20-16)19-10-12-4-3-7-17-9-12/h5-6,8,11-12,17H,3-4,7,9-10H2,1-2H3. The Morgan fingerprint density at radius 2 is 2.35 bits per heavy atom. The van der Waals surface area contributed by atoms with Gasteiger partial charge in [-0.15, -0.1) is 0 Å². The third-order valence-corrected chi connectivity index (χ3v) is 3.75. The van der Waals surface area contributed by atoms with E-state index in [9.17, 15) is 0 Å². The Kier molecular flexibility index (Phi) is 3.92. The van der Waals surface area contributed by atoms with E-state index in [2.05, 4.69) is 24.1 Å². The normalized spacial score (nSPS) is 19.6. The first kappa shape index (κ1) is 13.4. The Morgan fingerprint density at radius 1 is 1.45 bits per heavy atom. The van der Waals surface area contributed by atoms with Crippen molar-refractivity contribution in [2.24, 2.45) is 5.92 Å². The zero-order chi connectivity index (χ0) is 13.9. The molecule has 0 radical (unpaired) electrons. The van der Waals surface area contributed by atoms with Crippen molar-refractivity contribution in [2.45, 2.75) is 32.6 Å². The molecular weight excluding hydrogens is 252 g/mol. The number of hydrogen-bond donors (Lipinski definition) is 1. The zero-order valence-electron chi connectivity index (χ0n) is 12.2.